The summed E-state index contributed by atoms with van der Waals surface area (Å²) in [7, 11) is 0. The van der Waals surface area contributed by atoms with Crippen molar-refractivity contribution in [1.29, 1.82) is 0 Å². The number of hydrogen-bond acceptors (Lipinski definition) is 4. The molecular weight excluding hydrogens is 240 g/mol. The van der Waals surface area contributed by atoms with E-state index >= 15 is 0 Å². The number of aryl methyl sites for hydroxylation is 1. The van der Waals surface area contributed by atoms with Gasteiger partial charge >= 0.3 is 0 Å². The Balaban J connectivity index is 1.88. The van der Waals surface area contributed by atoms with Crippen molar-refractivity contribution >= 4 is 16.9 Å². The van der Waals surface area contributed by atoms with Gasteiger partial charge in [0.1, 0.15) is 11.5 Å². The van der Waals surface area contributed by atoms with Crippen molar-refractivity contribution in [2.75, 3.05) is 5.73 Å². The van der Waals surface area contributed by atoms with Crippen molar-refractivity contribution in [3.63, 3.8) is 0 Å². The number of fused-ring (bicyclic) bond motifs is 1. The first-order valence-corrected chi connectivity index (χ1v) is 6.43. The number of benzene rings is 1. The van der Waals surface area contributed by atoms with Gasteiger partial charge in [-0.1, -0.05) is 11.2 Å². The van der Waals surface area contributed by atoms with E-state index in [2.05, 4.69) is 27.7 Å². The fraction of sp³-hybridized carbons (Fsp3) is 0.286. The normalized spacial score (nSPS) is 15.2. The van der Waals surface area contributed by atoms with Gasteiger partial charge in [-0.3, -0.25) is 0 Å². The first-order valence-electron chi connectivity index (χ1n) is 6.43. The summed E-state index contributed by atoms with van der Waals surface area (Å²) in [6, 6.07) is 8.55. The molecule has 1 aromatic carbocycles. The third kappa shape index (κ3) is 1.62. The average Bonchev–Trinajstić information content (AvgIpc) is 3.03. The van der Waals surface area contributed by atoms with Gasteiger partial charge in [-0.15, -0.1) is 0 Å². The second kappa shape index (κ2) is 3.60. The minimum Gasteiger partial charge on any atom is -0.368 e. The molecule has 0 atom stereocenters. The zero-order chi connectivity index (χ0) is 13.0. The highest BCUT2D eigenvalue weighted by molar-refractivity contribution is 5.82. The molecule has 1 fully saturated rings. The average molecular weight is 254 g/mol. The van der Waals surface area contributed by atoms with E-state index in [1.807, 2.05) is 12.1 Å². The highest BCUT2D eigenvalue weighted by Crippen LogP contribution is 2.39. The van der Waals surface area contributed by atoms with Crippen LogP contribution in [0.2, 0.25) is 0 Å². The second-order valence-electron chi connectivity index (χ2n) is 5.08. The summed E-state index contributed by atoms with van der Waals surface area (Å²) < 4.78 is 7.24. The van der Waals surface area contributed by atoms with E-state index in [1.165, 1.54) is 18.4 Å². The van der Waals surface area contributed by atoms with E-state index in [4.69, 9.17) is 10.3 Å². The predicted molar refractivity (Wildman–Crippen MR) is 72.7 cm³/mol. The smallest absolute Gasteiger partial charge is 0.222 e. The third-order valence-electron chi connectivity index (χ3n) is 3.60. The van der Waals surface area contributed by atoms with E-state index in [0.29, 0.717) is 11.9 Å². The molecule has 1 aliphatic carbocycles. The standard InChI is InChI=1S/C14H14N4O/c1-8-16-12-6-9(11-7-14(15)19-17-11)2-5-13(12)18(8)10-3-4-10/h2,5-7,10H,3-4,15H2,1H3. The van der Waals surface area contributed by atoms with Crippen LogP contribution in [-0.4, -0.2) is 14.7 Å². The zero-order valence-corrected chi connectivity index (χ0v) is 10.6. The number of nitrogens with zero attached hydrogens (tertiary/aromatic N) is 3. The largest absolute Gasteiger partial charge is 0.368 e. The number of hydrogen-bond donors (Lipinski definition) is 1. The summed E-state index contributed by atoms with van der Waals surface area (Å²) in [6.45, 7) is 2.06. The molecule has 5 heteroatoms. The molecule has 0 amide bonds. The van der Waals surface area contributed by atoms with Gasteiger partial charge < -0.3 is 14.8 Å². The maximum Gasteiger partial charge on any atom is 0.222 e. The van der Waals surface area contributed by atoms with Crippen LogP contribution in [0, 0.1) is 6.92 Å². The van der Waals surface area contributed by atoms with Crippen LogP contribution in [0.5, 0.6) is 0 Å². The van der Waals surface area contributed by atoms with Crippen molar-refractivity contribution in [3.8, 4) is 11.3 Å². The van der Waals surface area contributed by atoms with Crippen molar-refractivity contribution in [3.05, 3.63) is 30.1 Å². The van der Waals surface area contributed by atoms with Gasteiger partial charge in [-0.2, -0.15) is 0 Å². The van der Waals surface area contributed by atoms with Crippen LogP contribution in [0.4, 0.5) is 5.88 Å². The molecule has 1 aliphatic rings. The molecule has 0 saturated heterocycles. The quantitative estimate of drug-likeness (QED) is 0.763. The molecular formula is C14H14N4O. The maximum absolute atomic E-state index is 5.56. The molecule has 2 N–H and O–H groups in total. The Morgan fingerprint density at radius 1 is 1.32 bits per heavy atom. The summed E-state index contributed by atoms with van der Waals surface area (Å²) >= 11 is 0. The Morgan fingerprint density at radius 2 is 2.16 bits per heavy atom. The van der Waals surface area contributed by atoms with Gasteiger partial charge in [-0.25, -0.2) is 4.98 Å². The SMILES string of the molecule is Cc1nc2cc(-c3cc(N)on3)ccc2n1C1CC1. The summed E-state index contributed by atoms with van der Waals surface area (Å²) in [5, 5.41) is 3.93. The van der Waals surface area contributed by atoms with Crippen LogP contribution in [0.15, 0.2) is 28.8 Å². The van der Waals surface area contributed by atoms with Crippen LogP contribution < -0.4 is 5.73 Å². The van der Waals surface area contributed by atoms with Crippen LogP contribution in [0.3, 0.4) is 0 Å². The Kier molecular flexibility index (Phi) is 2.01. The van der Waals surface area contributed by atoms with Gasteiger partial charge in [0.25, 0.3) is 0 Å². The molecule has 0 aliphatic heterocycles. The minimum absolute atomic E-state index is 0.329. The molecule has 0 unspecified atom stereocenters. The topological polar surface area (TPSA) is 69.9 Å². The lowest BCUT2D eigenvalue weighted by Gasteiger charge is -2.03. The molecule has 1 saturated carbocycles. The van der Waals surface area contributed by atoms with Crippen LogP contribution >= 0.6 is 0 Å². The summed E-state index contributed by atoms with van der Waals surface area (Å²) in [5.41, 5.74) is 9.48. The van der Waals surface area contributed by atoms with Crippen molar-refractivity contribution in [1.82, 2.24) is 14.7 Å². The lowest BCUT2D eigenvalue weighted by atomic mass is 10.1. The molecule has 5 nitrogen and oxygen atoms in total. The molecule has 19 heavy (non-hydrogen) atoms. The number of imidazole rings is 1. The summed E-state index contributed by atoms with van der Waals surface area (Å²) in [5.74, 6) is 1.41. The molecule has 96 valence electrons. The number of nitrogen functional groups attached to an aromatic ring is 1. The van der Waals surface area contributed by atoms with E-state index in [9.17, 15) is 0 Å². The number of nitrogens with two attached hydrogens (primary N) is 1. The van der Waals surface area contributed by atoms with Gasteiger partial charge in [0.2, 0.25) is 5.88 Å². The molecule has 2 aromatic heterocycles. The van der Waals surface area contributed by atoms with Gasteiger partial charge in [0.05, 0.1) is 11.0 Å². The zero-order valence-electron chi connectivity index (χ0n) is 10.6. The lowest BCUT2D eigenvalue weighted by molar-refractivity contribution is 0.439. The van der Waals surface area contributed by atoms with Gasteiger partial charge in [0.15, 0.2) is 0 Å². The number of aromatic nitrogens is 3. The van der Waals surface area contributed by atoms with E-state index in [0.717, 1.165) is 22.6 Å². The molecule has 3 aromatic rings. The summed E-state index contributed by atoms with van der Waals surface area (Å²) in [6.07, 6.45) is 2.52. The van der Waals surface area contributed by atoms with Crippen LogP contribution in [0.25, 0.3) is 22.3 Å². The van der Waals surface area contributed by atoms with Crippen molar-refractivity contribution in [2.24, 2.45) is 0 Å². The Hall–Kier alpha value is -2.30. The predicted octanol–water partition coefficient (Wildman–Crippen LogP) is 2.92. The number of rotatable bonds is 2. The highest BCUT2D eigenvalue weighted by Gasteiger charge is 2.26. The van der Waals surface area contributed by atoms with Gasteiger partial charge in [0, 0.05) is 17.7 Å². The van der Waals surface area contributed by atoms with E-state index in [-0.39, 0.29) is 0 Å². The molecule has 4 rings (SSSR count). The molecule has 2 heterocycles. The maximum atomic E-state index is 5.56. The van der Waals surface area contributed by atoms with Crippen molar-refractivity contribution in [2.45, 2.75) is 25.8 Å². The van der Waals surface area contributed by atoms with Crippen LogP contribution in [0.1, 0.15) is 24.7 Å². The summed E-state index contributed by atoms with van der Waals surface area (Å²) in [4.78, 5) is 4.64. The first-order chi connectivity index (χ1) is 9.22. The van der Waals surface area contributed by atoms with E-state index < -0.39 is 0 Å². The molecule has 0 spiro atoms. The Morgan fingerprint density at radius 3 is 2.84 bits per heavy atom. The molecule has 0 bridgehead atoms. The fourth-order valence-corrected chi connectivity index (χ4v) is 2.60. The Bertz CT molecular complexity index is 767. The second-order valence-corrected chi connectivity index (χ2v) is 5.08. The van der Waals surface area contributed by atoms with E-state index in [1.54, 1.807) is 6.07 Å². The fourth-order valence-electron chi connectivity index (χ4n) is 2.60. The monoisotopic (exact) mass is 254 g/mol. The van der Waals surface area contributed by atoms with Gasteiger partial charge in [-0.05, 0) is 31.9 Å². The highest BCUT2D eigenvalue weighted by atomic mass is 16.5. The van der Waals surface area contributed by atoms with Crippen LogP contribution in [-0.2, 0) is 0 Å². The first kappa shape index (κ1) is 10.6. The Labute approximate surface area is 110 Å². The minimum atomic E-state index is 0.329. The third-order valence-corrected chi connectivity index (χ3v) is 3.60. The number of anilines is 1. The van der Waals surface area contributed by atoms with Crippen molar-refractivity contribution < 1.29 is 4.52 Å². The lowest BCUT2D eigenvalue weighted by Crippen LogP contribution is -1.95. The molecule has 0 radical (unpaired) electrons.